The number of pyridine rings is 1. The average Bonchev–Trinajstić information content (AvgIpc) is 2.94. The minimum absolute atomic E-state index is 0.365. The zero-order valence-electron chi connectivity index (χ0n) is 20.1. The Morgan fingerprint density at radius 1 is 0.889 bits per heavy atom. The van der Waals surface area contributed by atoms with Gasteiger partial charge in [-0.15, -0.1) is 0 Å². The van der Waals surface area contributed by atoms with Gasteiger partial charge in [-0.05, 0) is 53.6 Å². The van der Waals surface area contributed by atoms with Gasteiger partial charge in [0.1, 0.15) is 28.9 Å². The molecule has 0 fully saturated rings. The lowest BCUT2D eigenvalue weighted by molar-refractivity contribution is 0.146. The molecule has 1 aliphatic heterocycles. The van der Waals surface area contributed by atoms with Crippen LogP contribution in [0.4, 0.5) is 11.5 Å². The molecule has 5 rings (SSSR count). The molecule has 0 saturated heterocycles. The molecule has 0 unspecified atom stereocenters. The third kappa shape index (κ3) is 4.65. The highest BCUT2D eigenvalue weighted by molar-refractivity contribution is 5.90. The molecular weight excluding hydrogens is 450 g/mol. The van der Waals surface area contributed by atoms with E-state index in [0.717, 1.165) is 50.7 Å². The summed E-state index contributed by atoms with van der Waals surface area (Å²) in [4.78, 5) is 4.98. The third-order valence-corrected chi connectivity index (χ3v) is 6.09. The van der Waals surface area contributed by atoms with Crippen LogP contribution in [0, 0.1) is 11.3 Å². The molecule has 1 aliphatic rings. The van der Waals surface area contributed by atoms with Crippen molar-refractivity contribution in [2.24, 2.45) is 0 Å². The molecule has 0 saturated carbocycles. The van der Waals surface area contributed by atoms with Gasteiger partial charge < -0.3 is 19.5 Å². The van der Waals surface area contributed by atoms with Gasteiger partial charge in [-0.25, -0.2) is 4.98 Å². The molecule has 0 aliphatic carbocycles. The normalized spacial score (nSPS) is 13.5. The van der Waals surface area contributed by atoms with Crippen LogP contribution in [0.15, 0.2) is 78.9 Å². The monoisotopic (exact) mass is 475 g/mol. The van der Waals surface area contributed by atoms with Gasteiger partial charge in [-0.2, -0.15) is 5.26 Å². The second kappa shape index (κ2) is 10.3. The van der Waals surface area contributed by atoms with Crippen LogP contribution >= 0.6 is 0 Å². The van der Waals surface area contributed by atoms with E-state index >= 15 is 0 Å². The summed E-state index contributed by atoms with van der Waals surface area (Å²) in [6.45, 7) is 0.786. The maximum atomic E-state index is 10.3. The van der Waals surface area contributed by atoms with Gasteiger partial charge in [-0.1, -0.05) is 42.5 Å². The van der Waals surface area contributed by atoms with E-state index in [2.05, 4.69) is 17.5 Å². The number of nitrogens with one attached hydrogen (secondary N) is 1. The summed E-state index contributed by atoms with van der Waals surface area (Å²) >= 11 is 0. The summed E-state index contributed by atoms with van der Waals surface area (Å²) in [6.07, 6.45) is 2.07. The number of anilines is 2. The summed E-state index contributed by atoms with van der Waals surface area (Å²) < 4.78 is 16.6. The molecule has 6 heteroatoms. The molecule has 36 heavy (non-hydrogen) atoms. The summed E-state index contributed by atoms with van der Waals surface area (Å²) in [5.74, 6) is 2.06. The van der Waals surface area contributed by atoms with Crippen molar-refractivity contribution in [3.63, 3.8) is 0 Å². The van der Waals surface area contributed by atoms with Gasteiger partial charge in [0.15, 0.2) is 0 Å². The van der Waals surface area contributed by atoms with E-state index in [1.54, 1.807) is 14.2 Å². The first-order valence-corrected chi connectivity index (χ1v) is 11.6. The van der Waals surface area contributed by atoms with Crippen LogP contribution in [0.25, 0.3) is 22.8 Å². The van der Waals surface area contributed by atoms with Crippen molar-refractivity contribution >= 4 is 23.2 Å². The zero-order chi connectivity index (χ0) is 24.9. The van der Waals surface area contributed by atoms with Gasteiger partial charge in [0.05, 0.1) is 33.1 Å². The highest BCUT2D eigenvalue weighted by Gasteiger charge is 2.26. The summed E-state index contributed by atoms with van der Waals surface area (Å²) in [5.41, 5.74) is 6.70. The minimum Gasteiger partial charge on any atom is -0.497 e. The fraction of sp³-hybridized carbons (Fsp3) is 0.133. The third-order valence-electron chi connectivity index (χ3n) is 6.09. The number of aromatic nitrogens is 1. The van der Waals surface area contributed by atoms with E-state index in [1.807, 2.05) is 78.9 Å². The first kappa shape index (κ1) is 23.2. The number of benzene rings is 3. The maximum Gasteiger partial charge on any atom is 0.149 e. The fourth-order valence-corrected chi connectivity index (χ4v) is 4.31. The topological polar surface area (TPSA) is 76.4 Å². The number of ether oxygens (including phenoxy) is 3. The standard InChI is InChI=1S/C30H25N3O3/c1-34-24-12-8-20(9-13-24)16-22-18-36-19-27-28(21-10-14-25(35-2)15-11-21)26(17-31)30(33-29(22)27)32-23-6-4-3-5-7-23/h3-16H,18-19H2,1-2H3,(H,32,33)/b22-16+. The van der Waals surface area contributed by atoms with Crippen LogP contribution in [-0.4, -0.2) is 25.8 Å². The number of nitrogens with zero attached hydrogens (tertiary/aromatic N) is 2. The first-order chi connectivity index (χ1) is 17.7. The molecule has 0 spiro atoms. The molecule has 0 amide bonds. The van der Waals surface area contributed by atoms with Crippen molar-refractivity contribution in [2.45, 2.75) is 6.61 Å². The van der Waals surface area contributed by atoms with Crippen molar-refractivity contribution in [1.82, 2.24) is 4.98 Å². The van der Waals surface area contributed by atoms with Crippen LogP contribution in [0.5, 0.6) is 11.5 Å². The molecule has 0 radical (unpaired) electrons. The van der Waals surface area contributed by atoms with Crippen LogP contribution in [-0.2, 0) is 11.3 Å². The van der Waals surface area contributed by atoms with Crippen molar-refractivity contribution in [3.8, 4) is 28.7 Å². The summed E-state index contributed by atoms with van der Waals surface area (Å²) in [5, 5.41) is 13.6. The van der Waals surface area contributed by atoms with Gasteiger partial charge in [0.2, 0.25) is 0 Å². The summed E-state index contributed by atoms with van der Waals surface area (Å²) in [7, 11) is 3.29. The molecule has 0 bridgehead atoms. The number of rotatable bonds is 6. The van der Waals surface area contributed by atoms with Crippen LogP contribution in [0.3, 0.4) is 0 Å². The zero-order valence-corrected chi connectivity index (χ0v) is 20.1. The molecule has 2 heterocycles. The Morgan fingerprint density at radius 2 is 1.56 bits per heavy atom. The lowest BCUT2D eigenvalue weighted by Gasteiger charge is -2.25. The largest absolute Gasteiger partial charge is 0.497 e. The number of hydrogen-bond donors (Lipinski definition) is 1. The molecule has 6 nitrogen and oxygen atoms in total. The van der Waals surface area contributed by atoms with E-state index in [1.165, 1.54) is 0 Å². The number of hydrogen-bond acceptors (Lipinski definition) is 6. The van der Waals surface area contributed by atoms with Crippen molar-refractivity contribution in [1.29, 1.82) is 5.26 Å². The fourth-order valence-electron chi connectivity index (χ4n) is 4.31. The number of methoxy groups -OCH3 is 2. The molecule has 4 aromatic rings. The molecule has 178 valence electrons. The van der Waals surface area contributed by atoms with E-state index in [9.17, 15) is 5.26 Å². The molecule has 0 atom stereocenters. The Morgan fingerprint density at radius 3 is 2.19 bits per heavy atom. The van der Waals surface area contributed by atoms with E-state index in [4.69, 9.17) is 19.2 Å². The molecule has 1 N–H and O–H groups in total. The SMILES string of the molecule is COc1ccc(/C=C2\COCc3c2nc(Nc2ccccc2)c(C#N)c3-c2ccc(OC)cc2)cc1. The first-order valence-electron chi connectivity index (χ1n) is 11.6. The average molecular weight is 476 g/mol. The van der Waals surface area contributed by atoms with Gasteiger partial charge in [0.25, 0.3) is 0 Å². The Labute approximate surface area is 210 Å². The second-order valence-corrected chi connectivity index (χ2v) is 8.30. The van der Waals surface area contributed by atoms with Crippen molar-refractivity contribution < 1.29 is 14.2 Å². The Kier molecular flexibility index (Phi) is 6.65. The lowest BCUT2D eigenvalue weighted by atomic mass is 9.90. The van der Waals surface area contributed by atoms with Gasteiger partial charge >= 0.3 is 0 Å². The van der Waals surface area contributed by atoms with Crippen molar-refractivity contribution in [2.75, 3.05) is 26.1 Å². The second-order valence-electron chi connectivity index (χ2n) is 8.30. The number of para-hydroxylation sites is 1. The van der Waals surface area contributed by atoms with Crippen LogP contribution < -0.4 is 14.8 Å². The summed E-state index contributed by atoms with van der Waals surface area (Å²) in [6, 6.07) is 27.7. The Hall–Kier alpha value is -4.60. The Bertz CT molecular complexity index is 1440. The van der Waals surface area contributed by atoms with Crippen molar-refractivity contribution in [3.05, 3.63) is 101 Å². The van der Waals surface area contributed by atoms with E-state index < -0.39 is 0 Å². The highest BCUT2D eigenvalue weighted by atomic mass is 16.5. The molecule has 3 aromatic carbocycles. The predicted octanol–water partition coefficient (Wildman–Crippen LogP) is 6.45. The minimum atomic E-state index is 0.365. The lowest BCUT2D eigenvalue weighted by Crippen LogP contribution is -2.15. The number of nitriles is 1. The van der Waals surface area contributed by atoms with Crippen LogP contribution in [0.1, 0.15) is 22.4 Å². The quantitative estimate of drug-likeness (QED) is 0.345. The van der Waals surface area contributed by atoms with E-state index in [0.29, 0.717) is 24.6 Å². The number of fused-ring (bicyclic) bond motifs is 1. The molecular formula is C30H25N3O3. The smallest absolute Gasteiger partial charge is 0.149 e. The van der Waals surface area contributed by atoms with Gasteiger partial charge in [-0.3, -0.25) is 0 Å². The predicted molar refractivity (Wildman–Crippen MR) is 141 cm³/mol. The Balaban J connectivity index is 1.70. The van der Waals surface area contributed by atoms with E-state index in [-0.39, 0.29) is 0 Å². The highest BCUT2D eigenvalue weighted by Crippen LogP contribution is 2.40. The van der Waals surface area contributed by atoms with Gasteiger partial charge in [0, 0.05) is 22.4 Å². The molecule has 1 aromatic heterocycles. The van der Waals surface area contributed by atoms with Crippen LogP contribution in [0.2, 0.25) is 0 Å². The maximum absolute atomic E-state index is 10.3.